The number of hydrogen-bond acceptors (Lipinski definition) is 2. The second-order valence-corrected chi connectivity index (χ2v) is 18.6. The molecule has 2 heterocycles. The number of fused-ring (bicyclic) bond motifs is 4. The van der Waals surface area contributed by atoms with Crippen LogP contribution in [0.1, 0.15) is 81.5 Å². The van der Waals surface area contributed by atoms with Gasteiger partial charge in [-0.25, -0.2) is 0 Å². The zero-order valence-corrected chi connectivity index (χ0v) is 30.9. The van der Waals surface area contributed by atoms with Gasteiger partial charge in [-0.1, -0.05) is 135 Å². The Morgan fingerprint density at radius 3 is 2.18 bits per heavy atom. The highest BCUT2D eigenvalue weighted by Gasteiger charge is 2.48. The predicted octanol–water partition coefficient (Wildman–Crippen LogP) is 10.4. The van der Waals surface area contributed by atoms with Gasteiger partial charge in [-0.15, -0.1) is 0 Å². The fourth-order valence-electron chi connectivity index (χ4n) is 7.42. The molecule has 0 saturated heterocycles. The summed E-state index contributed by atoms with van der Waals surface area (Å²) in [5.41, 5.74) is 15.1. The van der Waals surface area contributed by atoms with E-state index in [1.54, 1.807) is 10.4 Å². The van der Waals surface area contributed by atoms with E-state index in [2.05, 4.69) is 185 Å². The van der Waals surface area contributed by atoms with Crippen LogP contribution in [-0.2, 0) is 14.3 Å². The van der Waals surface area contributed by atoms with Crippen LogP contribution in [0.2, 0.25) is 0 Å². The molecule has 228 valence electrons. The first-order valence-electron chi connectivity index (χ1n) is 16.3. The maximum atomic E-state index is 2.77. The molecule has 1 atom stereocenters. The van der Waals surface area contributed by atoms with Crippen molar-refractivity contribution in [3.8, 4) is 11.1 Å². The van der Waals surface area contributed by atoms with Crippen molar-refractivity contribution in [2.24, 2.45) is 0 Å². The van der Waals surface area contributed by atoms with Crippen LogP contribution in [0.25, 0.3) is 11.1 Å². The van der Waals surface area contributed by atoms with Gasteiger partial charge in [0.25, 0.3) is 6.71 Å². The molecule has 1 unspecified atom stereocenters. The van der Waals surface area contributed by atoms with Crippen LogP contribution >= 0.6 is 33.9 Å². The molecule has 7 rings (SSSR count). The first-order valence-corrected chi connectivity index (χ1v) is 18.2. The lowest BCUT2D eigenvalue weighted by Crippen LogP contribution is -2.56. The summed E-state index contributed by atoms with van der Waals surface area (Å²) in [6.45, 7) is 18.9. The van der Waals surface area contributed by atoms with Crippen LogP contribution in [0.15, 0.2) is 91.0 Å². The lowest BCUT2D eigenvalue weighted by atomic mass is 9.38. The van der Waals surface area contributed by atoms with Crippen molar-refractivity contribution >= 4 is 73.4 Å². The Bertz CT molecular complexity index is 1910. The summed E-state index contributed by atoms with van der Waals surface area (Å²) in [6, 6.07) is 34.7. The lowest BCUT2D eigenvalue weighted by Gasteiger charge is -2.42. The number of aryl methyl sites for hydroxylation is 2. The molecule has 45 heavy (non-hydrogen) atoms. The molecule has 0 fully saturated rings. The molecule has 0 N–H and O–H groups in total. The maximum absolute atomic E-state index is 2.77. The van der Waals surface area contributed by atoms with Gasteiger partial charge in [-0.3, -0.25) is 0 Å². The van der Waals surface area contributed by atoms with Crippen molar-refractivity contribution in [1.29, 1.82) is 0 Å². The molecule has 1 aliphatic carbocycles. The summed E-state index contributed by atoms with van der Waals surface area (Å²) in [5.74, 6) is 0. The van der Waals surface area contributed by atoms with E-state index in [0.717, 1.165) is 0 Å². The minimum absolute atomic E-state index is 0.0663. The van der Waals surface area contributed by atoms with Gasteiger partial charge in [0.2, 0.25) is 0 Å². The van der Waals surface area contributed by atoms with Crippen LogP contribution in [0.3, 0.4) is 0 Å². The topological polar surface area (TPSA) is 3.24 Å². The van der Waals surface area contributed by atoms with Gasteiger partial charge in [0, 0.05) is 30.0 Å². The quantitative estimate of drug-likeness (QED) is 0.100. The minimum atomic E-state index is 0.0663. The standard InChI is InChI=1S/C41H43BINS/c1-26-13-22-33-34(25-26)44(31-20-16-29(17-21-31)39(3,4)5)36-35-37(40(6,7)23-24-41(35,8)43)45-38(36)42(33)30-18-14-28(15-19-30)32-12-10-9-11-27(32)2/h9-22,25H,23-24H2,1-8H3. The highest BCUT2D eigenvalue weighted by Crippen LogP contribution is 2.57. The lowest BCUT2D eigenvalue weighted by molar-refractivity contribution is 0.403. The molecule has 1 aliphatic heterocycles. The third-order valence-electron chi connectivity index (χ3n) is 10.2. The Labute approximate surface area is 288 Å². The Morgan fingerprint density at radius 1 is 0.822 bits per heavy atom. The molecule has 1 nitrogen and oxygen atoms in total. The molecular formula is C41H43BINS. The summed E-state index contributed by atoms with van der Waals surface area (Å²) in [5, 5.41) is 0. The van der Waals surface area contributed by atoms with Crippen molar-refractivity contribution in [3.63, 3.8) is 0 Å². The van der Waals surface area contributed by atoms with Gasteiger partial charge in [0.15, 0.2) is 0 Å². The first-order chi connectivity index (χ1) is 21.3. The smallest absolute Gasteiger partial charge is 0.259 e. The number of anilines is 3. The number of halogens is 1. The number of rotatable bonds is 3. The maximum Gasteiger partial charge on any atom is 0.259 e. The number of benzene rings is 4. The van der Waals surface area contributed by atoms with Crippen molar-refractivity contribution in [2.45, 2.75) is 82.5 Å². The molecule has 1 aromatic heterocycles. The van der Waals surface area contributed by atoms with Gasteiger partial charge in [-0.05, 0) is 95.9 Å². The summed E-state index contributed by atoms with van der Waals surface area (Å²) in [7, 11) is 0. The molecule has 0 amide bonds. The van der Waals surface area contributed by atoms with Crippen LogP contribution in [0.4, 0.5) is 17.1 Å². The second-order valence-electron chi connectivity index (χ2n) is 15.2. The van der Waals surface area contributed by atoms with E-state index in [4.69, 9.17) is 0 Å². The average molecular weight is 720 g/mol. The minimum Gasteiger partial charge on any atom is -0.310 e. The normalized spacial score (nSPS) is 18.8. The Balaban J connectivity index is 1.49. The van der Waals surface area contributed by atoms with E-state index in [1.807, 2.05) is 0 Å². The van der Waals surface area contributed by atoms with Gasteiger partial charge in [0.1, 0.15) is 0 Å². The van der Waals surface area contributed by atoms with Crippen LogP contribution in [0, 0.1) is 13.8 Å². The third kappa shape index (κ3) is 5.21. The van der Waals surface area contributed by atoms with Gasteiger partial charge >= 0.3 is 0 Å². The van der Waals surface area contributed by atoms with E-state index in [0.29, 0.717) is 0 Å². The number of alkyl halides is 1. The van der Waals surface area contributed by atoms with Crippen LogP contribution in [-0.4, -0.2) is 6.71 Å². The third-order valence-corrected chi connectivity index (χ3v) is 12.9. The number of nitrogens with zero attached hydrogens (tertiary/aromatic N) is 1. The summed E-state index contributed by atoms with van der Waals surface area (Å²) in [6.07, 6.45) is 2.39. The SMILES string of the molecule is Cc1ccc2c(c1)N(c1ccc(C(C)(C)C)cc1)c1c(sc3c1C(C)(I)CCC3(C)C)B2c1ccc(-c2ccccc2C)cc1. The average Bonchev–Trinajstić information content (AvgIpc) is 3.41. The second kappa shape index (κ2) is 10.9. The monoisotopic (exact) mass is 719 g/mol. The van der Waals surface area contributed by atoms with Gasteiger partial charge in [-0.2, -0.15) is 11.3 Å². The Morgan fingerprint density at radius 2 is 1.51 bits per heavy atom. The number of hydrogen-bond donors (Lipinski definition) is 0. The predicted molar refractivity (Wildman–Crippen MR) is 207 cm³/mol. The largest absolute Gasteiger partial charge is 0.310 e. The number of thiophene rings is 1. The van der Waals surface area contributed by atoms with E-state index in [1.165, 1.54) is 73.4 Å². The van der Waals surface area contributed by atoms with Crippen LogP contribution in [0.5, 0.6) is 0 Å². The molecule has 4 aromatic carbocycles. The zero-order valence-electron chi connectivity index (χ0n) is 27.9. The summed E-state index contributed by atoms with van der Waals surface area (Å²) >= 11 is 4.85. The molecule has 2 aliphatic rings. The first kappa shape index (κ1) is 30.8. The van der Waals surface area contributed by atoms with Crippen molar-refractivity contribution in [1.82, 2.24) is 0 Å². The van der Waals surface area contributed by atoms with E-state index in [-0.39, 0.29) is 21.0 Å². The Hall–Kier alpha value is -2.83. The fraction of sp³-hybridized carbons (Fsp3) is 0.317. The molecule has 0 spiro atoms. The van der Waals surface area contributed by atoms with Gasteiger partial charge < -0.3 is 4.90 Å². The summed E-state index contributed by atoms with van der Waals surface area (Å²) in [4.78, 5) is 4.19. The highest BCUT2D eigenvalue weighted by molar-refractivity contribution is 14.1. The zero-order chi connectivity index (χ0) is 31.9. The molecule has 0 bridgehead atoms. The summed E-state index contributed by atoms with van der Waals surface area (Å²) < 4.78 is 1.55. The highest BCUT2D eigenvalue weighted by atomic mass is 127. The van der Waals surface area contributed by atoms with Crippen molar-refractivity contribution in [3.05, 3.63) is 118 Å². The van der Waals surface area contributed by atoms with Gasteiger partial charge in [0.05, 0.1) is 5.69 Å². The van der Waals surface area contributed by atoms with E-state index >= 15 is 0 Å². The van der Waals surface area contributed by atoms with E-state index in [9.17, 15) is 0 Å². The van der Waals surface area contributed by atoms with Crippen LogP contribution < -0.4 is 20.6 Å². The van der Waals surface area contributed by atoms with E-state index < -0.39 is 0 Å². The fourth-order valence-corrected chi connectivity index (χ4v) is 10.1. The van der Waals surface area contributed by atoms with Crippen molar-refractivity contribution < 1.29 is 0 Å². The molecule has 0 saturated carbocycles. The van der Waals surface area contributed by atoms with Crippen molar-refractivity contribution in [2.75, 3.05) is 4.90 Å². The Kier molecular flexibility index (Phi) is 7.45. The molecule has 5 aromatic rings. The molecule has 0 radical (unpaired) electrons. The molecular weight excluding hydrogens is 676 g/mol. The molecule has 4 heteroatoms.